The van der Waals surface area contributed by atoms with Crippen molar-refractivity contribution in [2.24, 2.45) is 5.73 Å². The Labute approximate surface area is 161 Å². The molecule has 0 aromatic heterocycles. The summed E-state index contributed by atoms with van der Waals surface area (Å²) < 4.78 is 5.29. The molecule has 1 saturated heterocycles. The van der Waals surface area contributed by atoms with E-state index in [4.69, 9.17) is 10.5 Å². The second-order valence-electron chi connectivity index (χ2n) is 6.44. The minimum Gasteiger partial charge on any atom is -0.381 e. The molecule has 1 aromatic carbocycles. The second-order valence-corrected chi connectivity index (χ2v) is 6.44. The van der Waals surface area contributed by atoms with Crippen molar-refractivity contribution in [1.29, 1.82) is 0 Å². The highest BCUT2D eigenvalue weighted by Gasteiger charge is 2.16. The maximum absolute atomic E-state index is 12.2. The highest BCUT2D eigenvalue weighted by Crippen LogP contribution is 2.13. The van der Waals surface area contributed by atoms with E-state index in [-0.39, 0.29) is 30.3 Å². The fraction of sp³-hybridized carbons (Fsp3) is 0.579. The van der Waals surface area contributed by atoms with Gasteiger partial charge in [0.2, 0.25) is 5.91 Å². The number of hydrogen-bond donors (Lipinski definition) is 3. The Morgan fingerprint density at radius 1 is 1.04 bits per heavy atom. The van der Waals surface area contributed by atoms with Crippen molar-refractivity contribution in [2.75, 3.05) is 25.1 Å². The van der Waals surface area contributed by atoms with E-state index in [1.54, 1.807) is 24.3 Å². The van der Waals surface area contributed by atoms with Gasteiger partial charge < -0.3 is 21.1 Å². The molecule has 1 heterocycles. The monoisotopic (exact) mass is 383 g/mol. The molecular formula is C19H30ClN3O3. The molecule has 7 heteroatoms. The summed E-state index contributed by atoms with van der Waals surface area (Å²) in [5, 5.41) is 5.89. The molecule has 146 valence electrons. The molecule has 1 aliphatic heterocycles. The van der Waals surface area contributed by atoms with Crippen LogP contribution in [0.25, 0.3) is 0 Å². The first-order valence-corrected chi connectivity index (χ1v) is 9.17. The van der Waals surface area contributed by atoms with Gasteiger partial charge in [-0.3, -0.25) is 9.59 Å². The molecule has 2 amide bonds. The second kappa shape index (κ2) is 12.7. The van der Waals surface area contributed by atoms with Gasteiger partial charge in [0, 0.05) is 36.9 Å². The van der Waals surface area contributed by atoms with Gasteiger partial charge in [-0.2, -0.15) is 0 Å². The van der Waals surface area contributed by atoms with Crippen molar-refractivity contribution in [1.82, 2.24) is 5.32 Å². The zero-order valence-corrected chi connectivity index (χ0v) is 16.0. The molecule has 1 aromatic rings. The lowest BCUT2D eigenvalue weighted by Gasteiger charge is -2.23. The maximum Gasteiger partial charge on any atom is 0.251 e. The third-order valence-electron chi connectivity index (χ3n) is 4.35. The van der Waals surface area contributed by atoms with E-state index in [2.05, 4.69) is 10.6 Å². The molecule has 1 fully saturated rings. The van der Waals surface area contributed by atoms with Crippen LogP contribution in [0.2, 0.25) is 0 Å². The molecule has 0 spiro atoms. The maximum atomic E-state index is 12.2. The normalized spacial score (nSPS) is 14.3. The lowest BCUT2D eigenvalue weighted by atomic mass is 10.1. The van der Waals surface area contributed by atoms with Gasteiger partial charge in [-0.05, 0) is 56.5 Å². The van der Waals surface area contributed by atoms with Gasteiger partial charge in [0.05, 0.1) is 0 Å². The third kappa shape index (κ3) is 8.17. The predicted molar refractivity (Wildman–Crippen MR) is 106 cm³/mol. The quantitative estimate of drug-likeness (QED) is 0.571. The fourth-order valence-corrected chi connectivity index (χ4v) is 2.82. The van der Waals surface area contributed by atoms with Crippen LogP contribution in [0, 0.1) is 0 Å². The predicted octanol–water partition coefficient (Wildman–Crippen LogP) is 2.86. The number of benzene rings is 1. The number of anilines is 1. The molecule has 0 aliphatic carbocycles. The number of nitrogens with two attached hydrogens (primary N) is 1. The number of carbonyl (C=O) groups is 2. The minimum absolute atomic E-state index is 0. The number of unbranched alkanes of at least 4 members (excludes halogenated alkanes) is 3. The van der Waals surface area contributed by atoms with Gasteiger partial charge in [-0.15, -0.1) is 12.4 Å². The molecule has 2 rings (SSSR count). The molecule has 0 bridgehead atoms. The minimum atomic E-state index is -0.0790. The smallest absolute Gasteiger partial charge is 0.251 e. The van der Waals surface area contributed by atoms with E-state index in [1.807, 2.05) is 0 Å². The molecule has 6 nitrogen and oxygen atoms in total. The summed E-state index contributed by atoms with van der Waals surface area (Å²) in [5.74, 6) is -0.0724. The standard InChI is InChI=1S/C19H29N3O3.ClH/c20-12-4-2-1-3-5-18(23)21-16-8-6-15(7-9-16)19(24)22-17-10-13-25-14-11-17;/h6-9,17H,1-5,10-14,20H2,(H,21,23)(H,22,24);1H. The van der Waals surface area contributed by atoms with Gasteiger partial charge in [0.25, 0.3) is 5.91 Å². The Hall–Kier alpha value is -1.63. The number of nitrogens with one attached hydrogen (secondary N) is 2. The molecule has 0 unspecified atom stereocenters. The van der Waals surface area contributed by atoms with Crippen LogP contribution >= 0.6 is 12.4 Å². The molecule has 4 N–H and O–H groups in total. The van der Waals surface area contributed by atoms with Crippen molar-refractivity contribution in [3.8, 4) is 0 Å². The number of ether oxygens (including phenoxy) is 1. The number of carbonyl (C=O) groups excluding carboxylic acids is 2. The first-order chi connectivity index (χ1) is 12.2. The molecule has 0 atom stereocenters. The van der Waals surface area contributed by atoms with E-state index in [1.165, 1.54) is 0 Å². The van der Waals surface area contributed by atoms with Crippen molar-refractivity contribution in [2.45, 2.75) is 51.0 Å². The number of amides is 2. The van der Waals surface area contributed by atoms with Crippen LogP contribution in [0.5, 0.6) is 0 Å². The van der Waals surface area contributed by atoms with Crippen molar-refractivity contribution < 1.29 is 14.3 Å². The van der Waals surface area contributed by atoms with E-state index in [9.17, 15) is 9.59 Å². The third-order valence-corrected chi connectivity index (χ3v) is 4.35. The molecule has 26 heavy (non-hydrogen) atoms. The first kappa shape index (κ1) is 22.4. The summed E-state index contributed by atoms with van der Waals surface area (Å²) in [7, 11) is 0. The zero-order chi connectivity index (χ0) is 17.9. The first-order valence-electron chi connectivity index (χ1n) is 9.17. The van der Waals surface area contributed by atoms with Crippen molar-refractivity contribution in [3.05, 3.63) is 29.8 Å². The number of rotatable bonds is 9. The highest BCUT2D eigenvalue weighted by atomic mass is 35.5. The summed E-state index contributed by atoms with van der Waals surface area (Å²) in [5.41, 5.74) is 6.77. The Bertz CT molecular complexity index is 545. The van der Waals surface area contributed by atoms with Crippen LogP contribution in [-0.4, -0.2) is 37.6 Å². The SMILES string of the molecule is Cl.NCCCCCCC(=O)Nc1ccc(C(=O)NC2CCOCC2)cc1. The van der Waals surface area contributed by atoms with Gasteiger partial charge in [0.15, 0.2) is 0 Å². The number of halogens is 1. The molecule has 0 saturated carbocycles. The van der Waals surface area contributed by atoms with Crippen LogP contribution in [0.4, 0.5) is 5.69 Å². The van der Waals surface area contributed by atoms with Crippen LogP contribution in [0.1, 0.15) is 55.3 Å². The topological polar surface area (TPSA) is 93.5 Å². The lowest BCUT2D eigenvalue weighted by molar-refractivity contribution is -0.116. The van der Waals surface area contributed by atoms with Crippen molar-refractivity contribution in [3.63, 3.8) is 0 Å². The fourth-order valence-electron chi connectivity index (χ4n) is 2.82. The van der Waals surface area contributed by atoms with E-state index >= 15 is 0 Å². The summed E-state index contributed by atoms with van der Waals surface area (Å²) in [6.45, 7) is 2.10. The van der Waals surface area contributed by atoms with Crippen molar-refractivity contribution >= 4 is 29.9 Å². The Balaban J connectivity index is 0.00000338. The molecule has 0 radical (unpaired) electrons. The summed E-state index contributed by atoms with van der Waals surface area (Å²) >= 11 is 0. The summed E-state index contributed by atoms with van der Waals surface area (Å²) in [6.07, 6.45) is 6.19. The Kier molecular flexibility index (Phi) is 10.9. The Morgan fingerprint density at radius 3 is 2.35 bits per heavy atom. The summed E-state index contributed by atoms with van der Waals surface area (Å²) in [6, 6.07) is 7.20. The largest absolute Gasteiger partial charge is 0.381 e. The van der Waals surface area contributed by atoms with Crippen LogP contribution < -0.4 is 16.4 Å². The van der Waals surface area contributed by atoms with E-state index in [0.29, 0.717) is 31.7 Å². The highest BCUT2D eigenvalue weighted by molar-refractivity contribution is 5.96. The average Bonchev–Trinajstić information content (AvgIpc) is 2.63. The van der Waals surface area contributed by atoms with E-state index in [0.717, 1.165) is 44.2 Å². The van der Waals surface area contributed by atoms with Crippen LogP contribution in [0.15, 0.2) is 24.3 Å². The Morgan fingerprint density at radius 2 is 1.69 bits per heavy atom. The van der Waals surface area contributed by atoms with Gasteiger partial charge in [-0.25, -0.2) is 0 Å². The lowest BCUT2D eigenvalue weighted by Crippen LogP contribution is -2.38. The zero-order valence-electron chi connectivity index (χ0n) is 15.2. The summed E-state index contributed by atoms with van der Waals surface area (Å²) in [4.78, 5) is 24.1. The number of hydrogen-bond acceptors (Lipinski definition) is 4. The van der Waals surface area contributed by atoms with Gasteiger partial charge >= 0.3 is 0 Å². The van der Waals surface area contributed by atoms with Gasteiger partial charge in [0.1, 0.15) is 0 Å². The molecule has 1 aliphatic rings. The van der Waals surface area contributed by atoms with Crippen LogP contribution in [-0.2, 0) is 9.53 Å². The van der Waals surface area contributed by atoms with Gasteiger partial charge in [-0.1, -0.05) is 12.8 Å². The molecular weight excluding hydrogens is 354 g/mol. The average molecular weight is 384 g/mol. The van der Waals surface area contributed by atoms with Crippen LogP contribution in [0.3, 0.4) is 0 Å². The van der Waals surface area contributed by atoms with E-state index < -0.39 is 0 Å².